The second kappa shape index (κ2) is 13.2. The maximum Gasteiger partial charge on any atom is 0.246 e. The van der Waals surface area contributed by atoms with E-state index in [9.17, 15) is 19.5 Å². The number of para-hydroxylation sites is 1. The van der Waals surface area contributed by atoms with Crippen molar-refractivity contribution in [3.8, 4) is 5.75 Å². The summed E-state index contributed by atoms with van der Waals surface area (Å²) in [6.07, 6.45) is 3.58. The van der Waals surface area contributed by atoms with Gasteiger partial charge >= 0.3 is 0 Å². The molecule has 2 atom stereocenters. The van der Waals surface area contributed by atoms with Crippen molar-refractivity contribution in [1.82, 2.24) is 30.9 Å². The number of benzene rings is 3. The molecule has 2 saturated heterocycles. The summed E-state index contributed by atoms with van der Waals surface area (Å²) in [7, 11) is 0. The quantitative estimate of drug-likeness (QED) is 0.299. The molecule has 2 fully saturated rings. The van der Waals surface area contributed by atoms with Gasteiger partial charge < -0.3 is 14.9 Å². The fourth-order valence-electron chi connectivity index (χ4n) is 6.18. The highest BCUT2D eigenvalue weighted by Gasteiger charge is 2.51. The third kappa shape index (κ3) is 6.37. The van der Waals surface area contributed by atoms with Gasteiger partial charge in [-0.15, -0.1) is 12.1 Å². The third-order valence-corrected chi connectivity index (χ3v) is 8.28. The van der Waals surface area contributed by atoms with E-state index in [2.05, 4.69) is 22.7 Å². The molecule has 3 aromatic rings. The molecule has 0 bridgehead atoms. The zero-order chi connectivity index (χ0) is 31.3. The molecule has 12 heteroatoms. The molecule has 3 aliphatic rings. The van der Waals surface area contributed by atoms with E-state index < -0.39 is 12.2 Å². The van der Waals surface area contributed by atoms with Gasteiger partial charge in [-0.2, -0.15) is 5.10 Å². The van der Waals surface area contributed by atoms with Crippen molar-refractivity contribution in [2.75, 3.05) is 24.6 Å². The fraction of sp³-hybridized carbons (Fsp3) is 0.273. The number of hydrazine groups is 3. The van der Waals surface area contributed by atoms with E-state index in [1.807, 2.05) is 54.6 Å². The van der Waals surface area contributed by atoms with Crippen LogP contribution in [0.3, 0.4) is 0 Å². The maximum absolute atomic E-state index is 14.3. The number of anilines is 1. The standard InChI is InChI=1S/C33H36N8O4/c1-2-18-38-22-32(44)40-29(19-25-12-15-27(42)16-13-25)33(45)37(20-26-10-6-7-11-28(26)39-23-34-35-36-39)21-30(40)41(38)31(43)17-14-24-8-4-3-5-9-24/h2-13,15-16,23,29-30,35-36,42H,1,14,17-22H2/t29-,30-/m0/s1. The summed E-state index contributed by atoms with van der Waals surface area (Å²) in [5, 5.41) is 19.0. The molecular weight excluding hydrogens is 572 g/mol. The minimum Gasteiger partial charge on any atom is -0.508 e. The lowest BCUT2D eigenvalue weighted by atomic mass is 9.97. The molecule has 0 radical (unpaired) electrons. The van der Waals surface area contributed by atoms with Crippen molar-refractivity contribution in [3.63, 3.8) is 0 Å². The predicted octanol–water partition coefficient (Wildman–Crippen LogP) is 2.15. The van der Waals surface area contributed by atoms with Crippen molar-refractivity contribution in [2.24, 2.45) is 5.10 Å². The van der Waals surface area contributed by atoms with Gasteiger partial charge in [0.15, 0.2) is 0 Å². The normalized spacial score (nSPS) is 19.9. The number of phenolic OH excluding ortho intramolecular Hbond substituents is 1. The van der Waals surface area contributed by atoms with Crippen LogP contribution in [-0.4, -0.2) is 80.8 Å². The topological polar surface area (TPSA) is 124 Å². The molecule has 6 rings (SSSR count). The molecule has 3 amide bonds. The molecule has 0 aliphatic carbocycles. The Bertz CT molecular complexity index is 1580. The van der Waals surface area contributed by atoms with Crippen LogP contribution in [0.1, 0.15) is 23.1 Å². The second-order valence-corrected chi connectivity index (χ2v) is 11.2. The maximum atomic E-state index is 14.3. The minimum atomic E-state index is -0.851. The Labute approximate surface area is 261 Å². The SMILES string of the molecule is C=CCN1CC(=O)N2[C@@H](Cc3ccc(O)cc3)C(=O)N(Cc3ccccc3N3C=NNN3)C[C@@H]2N1C(=O)CCc1ccccc1. The third-order valence-electron chi connectivity index (χ3n) is 8.28. The summed E-state index contributed by atoms with van der Waals surface area (Å²) in [6.45, 7) is 4.51. The van der Waals surface area contributed by atoms with Gasteiger partial charge in [-0.05, 0) is 41.3 Å². The highest BCUT2D eigenvalue weighted by atomic mass is 16.3. The number of aromatic hydroxyl groups is 1. The number of nitrogens with zero attached hydrogens (tertiary/aromatic N) is 6. The Morgan fingerprint density at radius 1 is 1.00 bits per heavy atom. The number of hydrogen-bond donors (Lipinski definition) is 3. The van der Waals surface area contributed by atoms with E-state index in [0.717, 1.165) is 22.4 Å². The number of amides is 3. The monoisotopic (exact) mass is 608 g/mol. The largest absolute Gasteiger partial charge is 0.508 e. The number of hydrazone groups is 1. The van der Waals surface area contributed by atoms with E-state index in [1.54, 1.807) is 61.5 Å². The smallest absolute Gasteiger partial charge is 0.246 e. The predicted molar refractivity (Wildman–Crippen MR) is 169 cm³/mol. The van der Waals surface area contributed by atoms with Crippen LogP contribution in [0, 0.1) is 0 Å². The lowest BCUT2D eigenvalue weighted by Crippen LogP contribution is -2.75. The molecule has 3 heterocycles. The summed E-state index contributed by atoms with van der Waals surface area (Å²) in [6, 6.07) is 23.3. The first-order chi connectivity index (χ1) is 21.9. The molecule has 0 spiro atoms. The summed E-state index contributed by atoms with van der Waals surface area (Å²) < 4.78 is 0. The number of aryl methyl sites for hydroxylation is 1. The molecule has 0 unspecified atom stereocenters. The number of rotatable bonds is 10. The number of phenols is 1. The van der Waals surface area contributed by atoms with Gasteiger partial charge in [0.1, 0.15) is 24.3 Å². The summed E-state index contributed by atoms with van der Waals surface area (Å²) >= 11 is 0. The summed E-state index contributed by atoms with van der Waals surface area (Å²) in [5.41, 5.74) is 9.14. The Morgan fingerprint density at radius 3 is 2.49 bits per heavy atom. The van der Waals surface area contributed by atoms with E-state index in [4.69, 9.17) is 0 Å². The average molecular weight is 609 g/mol. The zero-order valence-electron chi connectivity index (χ0n) is 24.8. The molecule has 3 N–H and O–H groups in total. The summed E-state index contributed by atoms with van der Waals surface area (Å²) in [4.78, 5) is 45.5. The number of carbonyl (C=O) groups excluding carboxylic acids is 3. The molecular formula is C33H36N8O4. The average Bonchev–Trinajstić information content (AvgIpc) is 3.59. The Hall–Kier alpha value is -5.20. The van der Waals surface area contributed by atoms with Crippen LogP contribution in [-0.2, 0) is 33.8 Å². The molecule has 3 aromatic carbocycles. The first-order valence-electron chi connectivity index (χ1n) is 14.9. The first-order valence-corrected chi connectivity index (χ1v) is 14.9. The highest BCUT2D eigenvalue weighted by molar-refractivity contribution is 5.92. The van der Waals surface area contributed by atoms with Crippen LogP contribution in [0.5, 0.6) is 5.75 Å². The molecule has 0 saturated carbocycles. The van der Waals surface area contributed by atoms with Gasteiger partial charge in [-0.1, -0.05) is 66.7 Å². The van der Waals surface area contributed by atoms with Gasteiger partial charge in [0.25, 0.3) is 0 Å². The van der Waals surface area contributed by atoms with Crippen molar-refractivity contribution < 1.29 is 19.5 Å². The number of carbonyl (C=O) groups is 3. The Morgan fingerprint density at radius 2 is 1.76 bits per heavy atom. The molecule has 45 heavy (non-hydrogen) atoms. The molecule has 12 nitrogen and oxygen atoms in total. The number of hydrogen-bond acceptors (Lipinski definition) is 9. The van der Waals surface area contributed by atoms with Crippen molar-refractivity contribution >= 4 is 29.7 Å². The number of nitrogens with one attached hydrogen (secondary N) is 2. The van der Waals surface area contributed by atoms with Gasteiger partial charge in [-0.25, -0.2) is 20.6 Å². The van der Waals surface area contributed by atoms with Gasteiger partial charge in [0.05, 0.1) is 18.8 Å². The zero-order valence-corrected chi connectivity index (χ0v) is 24.8. The number of piperazine rings is 1. The van der Waals surface area contributed by atoms with Crippen LogP contribution in [0.25, 0.3) is 0 Å². The fourth-order valence-corrected chi connectivity index (χ4v) is 6.18. The van der Waals surface area contributed by atoms with E-state index >= 15 is 0 Å². The van der Waals surface area contributed by atoms with Crippen LogP contribution in [0.15, 0.2) is 96.6 Å². The van der Waals surface area contributed by atoms with Gasteiger partial charge in [-0.3, -0.25) is 14.4 Å². The van der Waals surface area contributed by atoms with Crippen molar-refractivity contribution in [2.45, 2.75) is 38.0 Å². The van der Waals surface area contributed by atoms with Gasteiger partial charge in [0.2, 0.25) is 17.7 Å². The lowest BCUT2D eigenvalue weighted by Gasteiger charge is -2.55. The first kappa shape index (κ1) is 29.9. The van der Waals surface area contributed by atoms with Crippen LogP contribution < -0.4 is 16.1 Å². The van der Waals surface area contributed by atoms with Gasteiger partial charge in [0, 0.05) is 25.9 Å². The molecule has 0 aromatic heterocycles. The number of fused-ring (bicyclic) bond motifs is 1. The Balaban J connectivity index is 1.35. The van der Waals surface area contributed by atoms with Crippen molar-refractivity contribution in [1.29, 1.82) is 0 Å². The molecule has 232 valence electrons. The van der Waals surface area contributed by atoms with E-state index in [1.165, 1.54) is 0 Å². The Kier molecular flexibility index (Phi) is 8.76. The lowest BCUT2D eigenvalue weighted by molar-refractivity contribution is -0.205. The van der Waals surface area contributed by atoms with Crippen LogP contribution >= 0.6 is 0 Å². The summed E-state index contributed by atoms with van der Waals surface area (Å²) in [5.74, 6) is -0.459. The van der Waals surface area contributed by atoms with E-state index in [-0.39, 0.29) is 55.9 Å². The second-order valence-electron chi connectivity index (χ2n) is 11.2. The highest BCUT2D eigenvalue weighted by Crippen LogP contribution is 2.31. The van der Waals surface area contributed by atoms with Crippen LogP contribution in [0.2, 0.25) is 0 Å². The van der Waals surface area contributed by atoms with E-state index in [0.29, 0.717) is 13.0 Å². The van der Waals surface area contributed by atoms with Crippen LogP contribution in [0.4, 0.5) is 5.69 Å². The van der Waals surface area contributed by atoms with Crippen molar-refractivity contribution in [3.05, 3.63) is 108 Å². The molecule has 3 aliphatic heterocycles. The minimum absolute atomic E-state index is 0.0469.